The Balaban J connectivity index is 3.12. The zero-order valence-corrected chi connectivity index (χ0v) is 13.2. The molecule has 4 heteroatoms. The van der Waals surface area contributed by atoms with Crippen LogP contribution in [0, 0.1) is 0 Å². The number of anilines is 1. The highest BCUT2D eigenvalue weighted by Gasteiger charge is 2.19. The quantitative estimate of drug-likeness (QED) is 0.823. The van der Waals surface area contributed by atoms with Crippen LogP contribution in [0.5, 0.6) is 0 Å². The van der Waals surface area contributed by atoms with Gasteiger partial charge in [-0.2, -0.15) is 0 Å². The molecule has 0 fully saturated rings. The molecule has 0 radical (unpaired) electrons. The zero-order valence-electron chi connectivity index (χ0n) is 13.2. The molecule has 0 bridgehead atoms. The van der Waals surface area contributed by atoms with Gasteiger partial charge in [0.15, 0.2) is 0 Å². The number of hydrogen-bond donors (Lipinski definition) is 2. The van der Waals surface area contributed by atoms with Crippen molar-refractivity contribution in [3.63, 3.8) is 0 Å². The van der Waals surface area contributed by atoms with E-state index in [4.69, 9.17) is 0 Å². The first-order valence-electron chi connectivity index (χ1n) is 7.30. The number of aromatic carboxylic acids is 1. The summed E-state index contributed by atoms with van der Waals surface area (Å²) in [5, 5.41) is 12.6. The van der Waals surface area contributed by atoms with E-state index < -0.39 is 5.97 Å². The molecule has 0 saturated heterocycles. The first-order chi connectivity index (χ1) is 9.27. The molecule has 1 unspecified atom stereocenters. The van der Waals surface area contributed by atoms with Gasteiger partial charge in [-0.1, -0.05) is 41.0 Å². The lowest BCUT2D eigenvalue weighted by Crippen LogP contribution is -2.21. The fourth-order valence-electron chi connectivity index (χ4n) is 2.05. The van der Waals surface area contributed by atoms with Gasteiger partial charge in [0.2, 0.25) is 0 Å². The summed E-state index contributed by atoms with van der Waals surface area (Å²) in [5.41, 5.74) is 0.916. The summed E-state index contributed by atoms with van der Waals surface area (Å²) in [6.07, 6.45) is 3.15. The molecule has 2 N–H and O–H groups in total. The molecule has 0 saturated carbocycles. The lowest BCUT2D eigenvalue weighted by Gasteiger charge is -2.22. The lowest BCUT2D eigenvalue weighted by atomic mass is 9.90. The Morgan fingerprint density at radius 3 is 2.45 bits per heavy atom. The molecule has 0 aliphatic rings. The predicted octanol–water partition coefficient (Wildman–Crippen LogP) is 4.07. The Hall–Kier alpha value is -1.58. The molecule has 1 aromatic heterocycles. The van der Waals surface area contributed by atoms with Crippen molar-refractivity contribution < 1.29 is 9.90 Å². The number of nitrogens with zero attached hydrogens (tertiary/aromatic N) is 1. The number of hydrogen-bond acceptors (Lipinski definition) is 3. The molecule has 0 aliphatic heterocycles. The summed E-state index contributed by atoms with van der Waals surface area (Å²) in [6, 6.07) is 3.62. The molecular formula is C16H26N2O2. The largest absolute Gasteiger partial charge is 0.478 e. The van der Waals surface area contributed by atoms with E-state index in [0.717, 1.165) is 25.0 Å². The van der Waals surface area contributed by atoms with Crippen molar-refractivity contribution in [3.8, 4) is 0 Å². The van der Waals surface area contributed by atoms with Crippen molar-refractivity contribution in [1.82, 2.24) is 4.98 Å². The second-order valence-corrected chi connectivity index (χ2v) is 6.22. The van der Waals surface area contributed by atoms with Crippen LogP contribution in [0.25, 0.3) is 0 Å². The van der Waals surface area contributed by atoms with Crippen LogP contribution in [0.1, 0.15) is 69.9 Å². The van der Waals surface area contributed by atoms with E-state index in [1.807, 2.05) is 20.8 Å². The molecule has 1 aromatic rings. The first kappa shape index (κ1) is 16.5. The van der Waals surface area contributed by atoms with Gasteiger partial charge >= 0.3 is 5.97 Å². The maximum Gasteiger partial charge on any atom is 0.335 e. The monoisotopic (exact) mass is 278 g/mol. The number of pyridine rings is 1. The SMILES string of the molecule is CCCC(CC)Nc1cc(C(=O)O)cc(C(C)(C)C)n1. The number of carboxylic acids is 1. The molecule has 0 aliphatic carbocycles. The van der Waals surface area contributed by atoms with Crippen molar-refractivity contribution in [2.75, 3.05) is 5.32 Å². The van der Waals surface area contributed by atoms with E-state index in [9.17, 15) is 9.90 Å². The van der Waals surface area contributed by atoms with Gasteiger partial charge in [-0.05, 0) is 25.0 Å². The molecular weight excluding hydrogens is 252 g/mol. The summed E-state index contributed by atoms with van der Waals surface area (Å²) in [5.74, 6) is -0.250. The van der Waals surface area contributed by atoms with Crippen LogP contribution < -0.4 is 5.32 Å². The van der Waals surface area contributed by atoms with Crippen molar-refractivity contribution in [3.05, 3.63) is 23.4 Å². The number of rotatable bonds is 6. The number of nitrogens with one attached hydrogen (secondary N) is 1. The average Bonchev–Trinajstić information content (AvgIpc) is 2.36. The van der Waals surface area contributed by atoms with Gasteiger partial charge in [0.05, 0.1) is 5.56 Å². The fraction of sp³-hybridized carbons (Fsp3) is 0.625. The van der Waals surface area contributed by atoms with Crippen LogP contribution in [-0.2, 0) is 5.41 Å². The zero-order chi connectivity index (χ0) is 15.3. The van der Waals surface area contributed by atoms with E-state index >= 15 is 0 Å². The summed E-state index contributed by atoms with van der Waals surface area (Å²) < 4.78 is 0. The minimum atomic E-state index is -0.913. The lowest BCUT2D eigenvalue weighted by molar-refractivity contribution is 0.0696. The van der Waals surface area contributed by atoms with Gasteiger partial charge in [-0.25, -0.2) is 9.78 Å². The van der Waals surface area contributed by atoms with Crippen LogP contribution in [-0.4, -0.2) is 22.1 Å². The third kappa shape index (κ3) is 4.51. The van der Waals surface area contributed by atoms with Crippen molar-refractivity contribution in [2.24, 2.45) is 0 Å². The van der Waals surface area contributed by atoms with Gasteiger partial charge in [-0.3, -0.25) is 0 Å². The molecule has 0 spiro atoms. The van der Waals surface area contributed by atoms with E-state index in [1.54, 1.807) is 12.1 Å². The van der Waals surface area contributed by atoms with Crippen molar-refractivity contribution in [2.45, 2.75) is 65.3 Å². The van der Waals surface area contributed by atoms with Gasteiger partial charge < -0.3 is 10.4 Å². The Bertz CT molecular complexity index is 464. The van der Waals surface area contributed by atoms with Crippen molar-refractivity contribution >= 4 is 11.8 Å². The van der Waals surface area contributed by atoms with Gasteiger partial charge in [0.25, 0.3) is 0 Å². The molecule has 4 nitrogen and oxygen atoms in total. The van der Waals surface area contributed by atoms with Crippen LogP contribution in [0.3, 0.4) is 0 Å². The average molecular weight is 278 g/mol. The standard InChI is InChI=1S/C16H26N2O2/c1-6-8-12(7-2)17-14-10-11(15(19)20)9-13(18-14)16(3,4)5/h9-10,12H,6-8H2,1-5H3,(H,17,18)(H,19,20). The van der Waals surface area contributed by atoms with Crippen LogP contribution in [0.15, 0.2) is 12.1 Å². The van der Waals surface area contributed by atoms with E-state index in [1.165, 1.54) is 0 Å². The maximum atomic E-state index is 11.3. The topological polar surface area (TPSA) is 62.2 Å². The highest BCUT2D eigenvalue weighted by atomic mass is 16.4. The molecule has 0 amide bonds. The summed E-state index contributed by atoms with van der Waals surface area (Å²) >= 11 is 0. The smallest absolute Gasteiger partial charge is 0.335 e. The van der Waals surface area contributed by atoms with Crippen molar-refractivity contribution in [1.29, 1.82) is 0 Å². The first-order valence-corrected chi connectivity index (χ1v) is 7.30. The summed E-state index contributed by atoms with van der Waals surface area (Å²) in [7, 11) is 0. The van der Waals surface area contributed by atoms with E-state index in [2.05, 4.69) is 24.1 Å². The fourth-order valence-corrected chi connectivity index (χ4v) is 2.05. The molecule has 1 rings (SSSR count). The number of carboxylic acid groups (broad SMARTS) is 1. The Morgan fingerprint density at radius 1 is 1.35 bits per heavy atom. The predicted molar refractivity (Wildman–Crippen MR) is 82.5 cm³/mol. The van der Waals surface area contributed by atoms with E-state index in [-0.39, 0.29) is 5.41 Å². The Kier molecular flexibility index (Phi) is 5.54. The minimum absolute atomic E-state index is 0.172. The summed E-state index contributed by atoms with van der Waals surface area (Å²) in [4.78, 5) is 15.8. The van der Waals surface area contributed by atoms with E-state index in [0.29, 0.717) is 17.4 Å². The normalized spacial score (nSPS) is 13.1. The second-order valence-electron chi connectivity index (χ2n) is 6.22. The second kappa shape index (κ2) is 6.73. The Morgan fingerprint density at radius 2 is 2.00 bits per heavy atom. The minimum Gasteiger partial charge on any atom is -0.478 e. The highest BCUT2D eigenvalue weighted by Crippen LogP contribution is 2.24. The third-order valence-electron chi connectivity index (χ3n) is 3.32. The summed E-state index contributed by atoms with van der Waals surface area (Å²) in [6.45, 7) is 10.4. The third-order valence-corrected chi connectivity index (χ3v) is 3.32. The van der Waals surface area contributed by atoms with Gasteiger partial charge in [0.1, 0.15) is 5.82 Å². The molecule has 1 atom stereocenters. The molecule has 112 valence electrons. The van der Waals surface area contributed by atoms with Crippen LogP contribution >= 0.6 is 0 Å². The van der Waals surface area contributed by atoms with Gasteiger partial charge in [-0.15, -0.1) is 0 Å². The molecule has 1 heterocycles. The van der Waals surface area contributed by atoms with Gasteiger partial charge in [0, 0.05) is 17.2 Å². The number of carbonyl (C=O) groups is 1. The number of aromatic nitrogens is 1. The highest BCUT2D eigenvalue weighted by molar-refractivity contribution is 5.88. The van der Waals surface area contributed by atoms with Crippen LogP contribution in [0.4, 0.5) is 5.82 Å². The molecule has 20 heavy (non-hydrogen) atoms. The molecule has 0 aromatic carbocycles. The Labute approximate surface area is 121 Å². The maximum absolute atomic E-state index is 11.3. The van der Waals surface area contributed by atoms with Crippen LogP contribution in [0.2, 0.25) is 0 Å².